The van der Waals surface area contributed by atoms with Crippen LogP contribution in [0.15, 0.2) is 12.2 Å². The van der Waals surface area contributed by atoms with Crippen LogP contribution in [0.25, 0.3) is 0 Å². The zero-order valence-corrected chi connectivity index (χ0v) is 10.5. The summed E-state index contributed by atoms with van der Waals surface area (Å²) in [5.41, 5.74) is 0. The number of rotatable bonds is 7. The van der Waals surface area contributed by atoms with Crippen LogP contribution in [0, 0.1) is 0 Å². The van der Waals surface area contributed by atoms with Gasteiger partial charge in [0.2, 0.25) is 0 Å². The Balaban J connectivity index is 1.94. The van der Waals surface area contributed by atoms with Crippen molar-refractivity contribution in [3.63, 3.8) is 0 Å². The molecule has 0 aromatic rings. The van der Waals surface area contributed by atoms with Crippen LogP contribution in [0.5, 0.6) is 0 Å². The summed E-state index contributed by atoms with van der Waals surface area (Å²) >= 11 is 0. The highest BCUT2D eigenvalue weighted by Crippen LogP contribution is 2.13. The van der Waals surface area contributed by atoms with E-state index in [1.165, 1.54) is 12.5 Å². The first kappa shape index (κ1) is 14.2. The highest BCUT2D eigenvalue weighted by molar-refractivity contribution is 5.81. The van der Waals surface area contributed by atoms with Crippen molar-refractivity contribution in [3.05, 3.63) is 12.2 Å². The van der Waals surface area contributed by atoms with Crippen LogP contribution >= 0.6 is 0 Å². The monoisotopic (exact) mass is 242 g/mol. The van der Waals surface area contributed by atoms with Gasteiger partial charge in [0.15, 0.2) is 6.29 Å². The normalized spacial score (nSPS) is 20.6. The van der Waals surface area contributed by atoms with E-state index in [0.717, 1.165) is 32.3 Å². The molecule has 1 atom stereocenters. The second-order valence-corrected chi connectivity index (χ2v) is 3.96. The number of unbranched alkanes of at least 4 members (excludes halogenated alkanes) is 1. The summed E-state index contributed by atoms with van der Waals surface area (Å²) in [5, 5.41) is 0. The zero-order chi connectivity index (χ0) is 12.3. The molecule has 1 heterocycles. The van der Waals surface area contributed by atoms with E-state index in [9.17, 15) is 4.79 Å². The van der Waals surface area contributed by atoms with Crippen molar-refractivity contribution in [3.8, 4) is 0 Å². The smallest absolute Gasteiger partial charge is 0.330 e. The molecule has 0 spiro atoms. The number of hydrogen-bond acceptors (Lipinski definition) is 4. The number of carbonyl (C=O) groups is 1. The summed E-state index contributed by atoms with van der Waals surface area (Å²) in [6.45, 7) is 3.71. The molecule has 4 nitrogen and oxygen atoms in total. The van der Waals surface area contributed by atoms with Crippen LogP contribution in [0.4, 0.5) is 0 Å². The van der Waals surface area contributed by atoms with E-state index in [0.29, 0.717) is 13.2 Å². The van der Waals surface area contributed by atoms with Crippen molar-refractivity contribution in [1.29, 1.82) is 0 Å². The SMILES string of the molecule is CCOC(=O)/C=C/CCCO[C@@H]1CCCCO1. The molecule has 98 valence electrons. The third kappa shape index (κ3) is 7.13. The van der Waals surface area contributed by atoms with E-state index < -0.39 is 0 Å². The number of hydrogen-bond donors (Lipinski definition) is 0. The summed E-state index contributed by atoms with van der Waals surface area (Å²) in [4.78, 5) is 11.0. The van der Waals surface area contributed by atoms with Gasteiger partial charge in [-0.1, -0.05) is 6.08 Å². The standard InChI is InChI=1S/C13H22O4/c1-2-15-12(14)8-4-3-6-10-16-13-9-5-7-11-17-13/h4,8,13H,2-3,5-7,9-11H2,1H3/b8-4+/t13-/m0/s1. The molecule has 0 N–H and O–H groups in total. The molecule has 1 rings (SSSR count). The van der Waals surface area contributed by atoms with Crippen LogP contribution in [0.2, 0.25) is 0 Å². The van der Waals surface area contributed by atoms with Gasteiger partial charge >= 0.3 is 5.97 Å². The van der Waals surface area contributed by atoms with Gasteiger partial charge in [0, 0.05) is 12.7 Å². The largest absolute Gasteiger partial charge is 0.463 e. The highest BCUT2D eigenvalue weighted by Gasteiger charge is 2.12. The average molecular weight is 242 g/mol. The molecule has 0 unspecified atom stereocenters. The molecule has 1 aliphatic rings. The lowest BCUT2D eigenvalue weighted by Crippen LogP contribution is -2.22. The Morgan fingerprint density at radius 3 is 3.06 bits per heavy atom. The van der Waals surface area contributed by atoms with E-state index in [-0.39, 0.29) is 12.3 Å². The predicted octanol–water partition coefficient (Wildman–Crippen LogP) is 2.43. The van der Waals surface area contributed by atoms with Crippen LogP contribution in [-0.2, 0) is 19.0 Å². The number of esters is 1. The number of ether oxygens (including phenoxy) is 3. The molecule has 1 saturated heterocycles. The molecule has 0 radical (unpaired) electrons. The maximum atomic E-state index is 11.0. The maximum Gasteiger partial charge on any atom is 0.330 e. The number of carbonyl (C=O) groups excluding carboxylic acids is 1. The fraction of sp³-hybridized carbons (Fsp3) is 0.769. The summed E-state index contributed by atoms with van der Waals surface area (Å²) < 4.78 is 15.8. The summed E-state index contributed by atoms with van der Waals surface area (Å²) in [6, 6.07) is 0. The molecule has 0 amide bonds. The van der Waals surface area contributed by atoms with E-state index in [1.54, 1.807) is 6.92 Å². The first-order chi connectivity index (χ1) is 8.33. The molecule has 4 heteroatoms. The lowest BCUT2D eigenvalue weighted by atomic mass is 10.2. The fourth-order valence-electron chi connectivity index (χ4n) is 1.63. The Bertz CT molecular complexity index is 232. The van der Waals surface area contributed by atoms with Gasteiger partial charge in [0.05, 0.1) is 13.2 Å². The Hall–Kier alpha value is -0.870. The van der Waals surface area contributed by atoms with Crippen molar-refractivity contribution < 1.29 is 19.0 Å². The van der Waals surface area contributed by atoms with E-state index in [1.807, 2.05) is 6.08 Å². The van der Waals surface area contributed by atoms with Gasteiger partial charge < -0.3 is 14.2 Å². The quantitative estimate of drug-likeness (QED) is 0.391. The molecule has 0 aromatic carbocycles. The molecule has 0 saturated carbocycles. The number of allylic oxidation sites excluding steroid dienone is 1. The summed E-state index contributed by atoms with van der Waals surface area (Å²) in [5.74, 6) is -0.274. The minimum atomic E-state index is -0.274. The average Bonchev–Trinajstić information content (AvgIpc) is 2.35. The Morgan fingerprint density at radius 2 is 2.35 bits per heavy atom. The molecular weight excluding hydrogens is 220 g/mol. The van der Waals surface area contributed by atoms with E-state index in [2.05, 4.69) is 0 Å². The molecule has 1 aliphatic heterocycles. The van der Waals surface area contributed by atoms with Crippen molar-refractivity contribution >= 4 is 5.97 Å². The predicted molar refractivity (Wildman–Crippen MR) is 64.6 cm³/mol. The summed E-state index contributed by atoms with van der Waals surface area (Å²) in [6.07, 6.45) is 8.33. The molecule has 0 aliphatic carbocycles. The molecule has 0 aromatic heterocycles. The van der Waals surface area contributed by atoms with E-state index in [4.69, 9.17) is 14.2 Å². The zero-order valence-electron chi connectivity index (χ0n) is 10.5. The molecule has 1 fully saturated rings. The van der Waals surface area contributed by atoms with Crippen molar-refractivity contribution in [2.75, 3.05) is 19.8 Å². The van der Waals surface area contributed by atoms with Crippen molar-refractivity contribution in [1.82, 2.24) is 0 Å². The second-order valence-electron chi connectivity index (χ2n) is 3.96. The van der Waals surface area contributed by atoms with Crippen molar-refractivity contribution in [2.24, 2.45) is 0 Å². The minimum Gasteiger partial charge on any atom is -0.463 e. The Kier molecular flexibility index (Phi) is 7.67. The highest BCUT2D eigenvalue weighted by atomic mass is 16.7. The molecule has 17 heavy (non-hydrogen) atoms. The van der Waals surface area contributed by atoms with Gasteiger partial charge in [0.1, 0.15) is 0 Å². The van der Waals surface area contributed by atoms with E-state index >= 15 is 0 Å². The topological polar surface area (TPSA) is 44.8 Å². The second kappa shape index (κ2) is 9.19. The van der Waals surface area contributed by atoms with Gasteiger partial charge in [-0.25, -0.2) is 4.79 Å². The van der Waals surface area contributed by atoms with Crippen LogP contribution in [0.1, 0.15) is 39.0 Å². The van der Waals surface area contributed by atoms with Gasteiger partial charge in [-0.05, 0) is 39.0 Å². The van der Waals surface area contributed by atoms with Crippen molar-refractivity contribution in [2.45, 2.75) is 45.3 Å². The molecule has 0 bridgehead atoms. The first-order valence-corrected chi connectivity index (χ1v) is 6.39. The van der Waals surface area contributed by atoms with Gasteiger partial charge in [0.25, 0.3) is 0 Å². The maximum absolute atomic E-state index is 11.0. The lowest BCUT2D eigenvalue weighted by Gasteiger charge is -2.22. The Morgan fingerprint density at radius 1 is 1.47 bits per heavy atom. The summed E-state index contributed by atoms with van der Waals surface area (Å²) in [7, 11) is 0. The van der Waals surface area contributed by atoms with Gasteiger partial charge in [-0.2, -0.15) is 0 Å². The lowest BCUT2D eigenvalue weighted by molar-refractivity contribution is -0.162. The van der Waals surface area contributed by atoms with Crippen LogP contribution in [0.3, 0.4) is 0 Å². The van der Waals surface area contributed by atoms with Gasteiger partial charge in [-0.15, -0.1) is 0 Å². The fourth-order valence-corrected chi connectivity index (χ4v) is 1.63. The Labute approximate surface area is 103 Å². The molecular formula is C13H22O4. The minimum absolute atomic E-state index is 0.0159. The first-order valence-electron chi connectivity index (χ1n) is 6.39. The van der Waals surface area contributed by atoms with Gasteiger partial charge in [-0.3, -0.25) is 0 Å². The van der Waals surface area contributed by atoms with Crippen LogP contribution in [-0.4, -0.2) is 32.1 Å². The third-order valence-corrected chi connectivity index (χ3v) is 2.50. The van der Waals surface area contributed by atoms with Crippen LogP contribution < -0.4 is 0 Å². The third-order valence-electron chi connectivity index (χ3n) is 2.50.